The third-order valence-electron chi connectivity index (χ3n) is 10.5. The van der Waals surface area contributed by atoms with Gasteiger partial charge in [-0.15, -0.1) is 20.4 Å². The Morgan fingerprint density at radius 2 is 1.16 bits per heavy atom. The van der Waals surface area contributed by atoms with Crippen molar-refractivity contribution in [3.8, 4) is 22.5 Å². The minimum atomic E-state index is -1.15. The summed E-state index contributed by atoms with van der Waals surface area (Å²) >= 11 is 5.46. The summed E-state index contributed by atoms with van der Waals surface area (Å²) in [6.45, 7) is 7.17. The highest BCUT2D eigenvalue weighted by molar-refractivity contribution is 7.99. The first kappa shape index (κ1) is 46.5. The van der Waals surface area contributed by atoms with E-state index in [0.29, 0.717) is 55.3 Å². The van der Waals surface area contributed by atoms with Crippen molar-refractivity contribution in [2.45, 2.75) is 46.2 Å². The van der Waals surface area contributed by atoms with Crippen molar-refractivity contribution < 1.29 is 28.2 Å². The molecule has 18 nitrogen and oxygen atoms in total. The third-order valence-corrected chi connectivity index (χ3v) is 14.3. The Morgan fingerprint density at radius 3 is 1.64 bits per heavy atom. The van der Waals surface area contributed by atoms with Crippen LogP contribution < -0.4 is 16.0 Å². The molecule has 0 aliphatic carbocycles. The molecule has 354 valence electrons. The van der Waals surface area contributed by atoms with Gasteiger partial charge < -0.3 is 15.2 Å². The molecule has 4 aromatic carbocycles. The number of thiazole rings is 2. The molecule has 0 saturated carbocycles. The van der Waals surface area contributed by atoms with Gasteiger partial charge in [0.1, 0.15) is 11.6 Å². The molecule has 4 N–H and O–H groups in total. The maximum Gasteiger partial charge on any atom is 0.410 e. The maximum absolute atomic E-state index is 13.3. The summed E-state index contributed by atoms with van der Waals surface area (Å²) < 4.78 is 37.4. The molecule has 0 radical (unpaired) electrons. The normalized spacial score (nSPS) is 15.0. The number of benzene rings is 4. The number of amides is 3. The number of rotatable bonds is 11. The summed E-state index contributed by atoms with van der Waals surface area (Å²) in [5.41, 5.74) is 5.65. The number of morpholine rings is 1. The number of nitrogens with one attached hydrogen (secondary N) is 3. The van der Waals surface area contributed by atoms with E-state index in [9.17, 15) is 18.4 Å². The van der Waals surface area contributed by atoms with Crippen LogP contribution in [-0.2, 0) is 4.74 Å². The van der Waals surface area contributed by atoms with Gasteiger partial charge in [-0.25, -0.2) is 28.3 Å². The van der Waals surface area contributed by atoms with Gasteiger partial charge in [-0.2, -0.15) is 19.2 Å². The summed E-state index contributed by atoms with van der Waals surface area (Å²) in [7, 11) is 0. The molecular weight excluding hydrogens is 979 g/mol. The Balaban J connectivity index is 0.000000169. The average Bonchev–Trinajstić information content (AvgIpc) is 4.14. The number of carbonyl (C=O) groups is 2. The monoisotopic (exact) mass is 1020 g/mol. The van der Waals surface area contributed by atoms with Crippen LogP contribution in [0.3, 0.4) is 0 Å². The predicted octanol–water partition coefficient (Wildman–Crippen LogP) is 9.70. The van der Waals surface area contributed by atoms with Crippen molar-refractivity contribution in [3.05, 3.63) is 121 Å². The molecule has 1 saturated heterocycles. The van der Waals surface area contributed by atoms with E-state index in [1.165, 1.54) is 70.5 Å². The lowest BCUT2D eigenvalue weighted by atomic mass is 10.1. The average molecular weight is 1020 g/mol. The summed E-state index contributed by atoms with van der Waals surface area (Å²) in [5.74, 6) is -0.600. The lowest BCUT2D eigenvalue weighted by molar-refractivity contribution is -0.0672. The number of anilines is 2. The zero-order valence-corrected chi connectivity index (χ0v) is 40.1. The highest BCUT2D eigenvalue weighted by Gasteiger charge is 2.22. The number of fused-ring (bicyclic) bond motifs is 4. The standard InChI is InChI=1S/C27H27FN8O2S2.C19H11FN6O2S2/c1-16-14-35(15-17(2)38-16)12-11-29-25(37)31-26-30-22-8-7-20(13-23(22)40-26)39-27-33-32-24-10-9-21(34-36(24)27)18-3-5-19(28)6-4-18;20-11-3-1-10(2-4-11)13-7-8-16-23-24-18(26(16)25-13)29-12-5-6-14-15(9-12)30-17(21-14)22-19(27)28/h3-10,13,16-17H,11-12,14-15H2,1-2H3,(H2,29,30,31,37);1-9H,(H,21,22)(H,27,28)/t16-,17+;. The molecule has 3 amide bonds. The first-order valence-electron chi connectivity index (χ1n) is 21.5. The number of hydrogen-bond donors (Lipinski definition) is 4. The van der Waals surface area contributed by atoms with Crippen LogP contribution in [0, 0.1) is 11.6 Å². The molecule has 0 bridgehead atoms. The number of ether oxygens (including phenoxy) is 1. The van der Waals surface area contributed by atoms with Gasteiger partial charge in [0.2, 0.25) is 10.3 Å². The Morgan fingerprint density at radius 1 is 0.671 bits per heavy atom. The Kier molecular flexibility index (Phi) is 13.6. The zero-order valence-electron chi connectivity index (χ0n) is 36.9. The summed E-state index contributed by atoms with van der Waals surface area (Å²) in [6, 6.07) is 30.8. The van der Waals surface area contributed by atoms with Gasteiger partial charge in [-0.1, -0.05) is 22.7 Å². The molecule has 1 aliphatic heterocycles. The number of carbonyl (C=O) groups excluding carboxylic acids is 1. The van der Waals surface area contributed by atoms with E-state index in [2.05, 4.69) is 75.3 Å². The number of halogens is 2. The second-order valence-electron chi connectivity index (χ2n) is 15.8. The van der Waals surface area contributed by atoms with E-state index in [1.54, 1.807) is 39.4 Å². The number of carboxylic acid groups (broad SMARTS) is 1. The molecule has 11 rings (SSSR count). The Hall–Kier alpha value is -7.22. The van der Waals surface area contributed by atoms with Crippen LogP contribution in [0.1, 0.15) is 13.8 Å². The fourth-order valence-corrected chi connectivity index (χ4v) is 11.1. The highest BCUT2D eigenvalue weighted by Crippen LogP contribution is 2.35. The quantitative estimate of drug-likeness (QED) is 0.0949. The van der Waals surface area contributed by atoms with Gasteiger partial charge in [0.05, 0.1) is 44.0 Å². The van der Waals surface area contributed by atoms with Crippen LogP contribution in [0.25, 0.3) is 54.2 Å². The van der Waals surface area contributed by atoms with E-state index >= 15 is 0 Å². The van der Waals surface area contributed by atoms with Crippen LogP contribution in [0.15, 0.2) is 129 Å². The zero-order chi connectivity index (χ0) is 48.3. The molecular formula is C46H38F2N14O4S4. The molecule has 10 aromatic rings. The van der Waals surface area contributed by atoms with Crippen LogP contribution in [0.4, 0.5) is 28.6 Å². The smallest absolute Gasteiger partial charge is 0.410 e. The van der Waals surface area contributed by atoms with E-state index in [0.717, 1.165) is 55.5 Å². The fourth-order valence-electron chi connectivity index (χ4n) is 7.50. The maximum atomic E-state index is 13.3. The largest absolute Gasteiger partial charge is 0.465 e. The van der Waals surface area contributed by atoms with Crippen LogP contribution >= 0.6 is 46.2 Å². The van der Waals surface area contributed by atoms with Crippen LogP contribution in [0.2, 0.25) is 0 Å². The number of urea groups is 1. The topological polar surface area (TPSA) is 215 Å². The Labute approximate surface area is 412 Å². The first-order valence-corrected chi connectivity index (χ1v) is 24.8. The molecule has 24 heteroatoms. The lowest BCUT2D eigenvalue weighted by Crippen LogP contribution is -2.48. The van der Waals surface area contributed by atoms with Crippen LogP contribution in [-0.4, -0.2) is 110 Å². The molecule has 1 aliphatic rings. The second kappa shape index (κ2) is 20.4. The van der Waals surface area contributed by atoms with Crippen LogP contribution in [0.5, 0.6) is 0 Å². The van der Waals surface area contributed by atoms with Crippen molar-refractivity contribution in [1.82, 2.24) is 59.8 Å². The van der Waals surface area contributed by atoms with Crippen molar-refractivity contribution in [1.29, 1.82) is 0 Å². The summed E-state index contributed by atoms with van der Waals surface area (Å²) in [4.78, 5) is 36.2. The number of aromatic nitrogens is 10. The van der Waals surface area contributed by atoms with Gasteiger partial charge in [0.25, 0.3) is 0 Å². The summed E-state index contributed by atoms with van der Waals surface area (Å²) in [5, 5.41) is 45.0. The van der Waals surface area contributed by atoms with E-state index in [4.69, 9.17) is 9.84 Å². The van der Waals surface area contributed by atoms with E-state index in [1.807, 2.05) is 54.6 Å². The highest BCUT2D eigenvalue weighted by atomic mass is 32.2. The SMILES string of the molecule is C[C@@H]1CN(CCNC(=O)Nc2nc3ccc(Sc4nnc5ccc(-c6ccc(F)cc6)nn45)cc3s2)C[C@H](C)O1.O=C(O)Nc1nc2ccc(Sc3nnc4ccc(-c5ccc(F)cc5)nn34)cc2s1. The van der Waals surface area contributed by atoms with Crippen molar-refractivity contribution >= 4 is 100 Å². The molecule has 1 fully saturated rings. The summed E-state index contributed by atoms with van der Waals surface area (Å²) in [6.07, 6.45) is -0.759. The van der Waals surface area contributed by atoms with Gasteiger partial charge in [0.15, 0.2) is 21.6 Å². The first-order chi connectivity index (χ1) is 33.9. The van der Waals surface area contributed by atoms with Crippen molar-refractivity contribution in [2.24, 2.45) is 0 Å². The van der Waals surface area contributed by atoms with Gasteiger partial charge in [-0.05, 0) is 147 Å². The molecule has 0 spiro atoms. The molecule has 6 aromatic heterocycles. The van der Waals surface area contributed by atoms with Gasteiger partial charge in [0, 0.05) is 47.1 Å². The second-order valence-corrected chi connectivity index (χ2v) is 19.9. The fraction of sp³-hybridized carbons (Fsp3) is 0.174. The molecule has 0 unspecified atom stereocenters. The lowest BCUT2D eigenvalue weighted by Gasteiger charge is -2.35. The number of nitrogens with zero attached hydrogens (tertiary/aromatic N) is 11. The van der Waals surface area contributed by atoms with Gasteiger partial charge in [-0.3, -0.25) is 15.5 Å². The number of hydrogen-bond acceptors (Lipinski definition) is 16. The van der Waals surface area contributed by atoms with E-state index in [-0.39, 0.29) is 29.9 Å². The molecule has 2 atom stereocenters. The van der Waals surface area contributed by atoms with Crippen molar-refractivity contribution in [3.63, 3.8) is 0 Å². The molecule has 70 heavy (non-hydrogen) atoms. The van der Waals surface area contributed by atoms with Gasteiger partial charge >= 0.3 is 12.1 Å². The predicted molar refractivity (Wildman–Crippen MR) is 265 cm³/mol. The minimum absolute atomic E-state index is 0.196. The third kappa shape index (κ3) is 11.0. The van der Waals surface area contributed by atoms with E-state index < -0.39 is 6.09 Å². The Bertz CT molecular complexity index is 3510. The van der Waals surface area contributed by atoms with Crippen molar-refractivity contribution in [2.75, 3.05) is 36.8 Å². The molecule has 7 heterocycles. The minimum Gasteiger partial charge on any atom is -0.465 e.